The van der Waals surface area contributed by atoms with E-state index in [2.05, 4.69) is 21.2 Å². The van der Waals surface area contributed by atoms with Crippen molar-refractivity contribution >= 4 is 23.8 Å². The number of amides is 3. The van der Waals surface area contributed by atoms with E-state index in [0.29, 0.717) is 35.1 Å². The highest BCUT2D eigenvalue weighted by atomic mass is 16.5. The number of hydrogen-bond acceptors (Lipinski definition) is 6. The highest BCUT2D eigenvalue weighted by molar-refractivity contribution is 5.93. The summed E-state index contributed by atoms with van der Waals surface area (Å²) in [6.07, 6.45) is 1.46. The molecule has 0 aliphatic carbocycles. The van der Waals surface area contributed by atoms with Crippen molar-refractivity contribution in [1.82, 2.24) is 10.7 Å². The smallest absolute Gasteiger partial charge is 0.319 e. The molecule has 0 saturated heterocycles. The molecule has 2 rings (SSSR count). The van der Waals surface area contributed by atoms with Gasteiger partial charge in [-0.05, 0) is 42.8 Å². The molecule has 0 heterocycles. The molecule has 0 atom stereocenters. The van der Waals surface area contributed by atoms with E-state index in [9.17, 15) is 9.59 Å². The van der Waals surface area contributed by atoms with Crippen LogP contribution in [0.3, 0.4) is 0 Å². The number of rotatable bonds is 9. The third-order valence-electron chi connectivity index (χ3n) is 3.66. The molecule has 0 aliphatic heterocycles. The molecule has 0 fully saturated rings. The van der Waals surface area contributed by atoms with Gasteiger partial charge in [-0.1, -0.05) is 12.1 Å². The largest absolute Gasteiger partial charge is 0.493 e. The molecule has 0 bridgehead atoms. The SMILES string of the molecule is CCOc1ccccc1NC(=O)NCC(=O)NN=Cc1ccc(OC)c(OC)c1. The molecule has 9 heteroatoms. The van der Waals surface area contributed by atoms with E-state index in [0.717, 1.165) is 0 Å². The van der Waals surface area contributed by atoms with Crippen LogP contribution in [0.15, 0.2) is 47.6 Å². The summed E-state index contributed by atoms with van der Waals surface area (Å²) in [5.41, 5.74) is 3.56. The summed E-state index contributed by atoms with van der Waals surface area (Å²) in [5, 5.41) is 8.95. The zero-order chi connectivity index (χ0) is 21.1. The summed E-state index contributed by atoms with van der Waals surface area (Å²) < 4.78 is 15.8. The van der Waals surface area contributed by atoms with Crippen molar-refractivity contribution in [1.29, 1.82) is 0 Å². The molecule has 2 aromatic carbocycles. The number of nitrogens with one attached hydrogen (secondary N) is 3. The number of methoxy groups -OCH3 is 2. The van der Waals surface area contributed by atoms with Crippen LogP contribution in [-0.2, 0) is 4.79 Å². The number of nitrogens with zero attached hydrogens (tertiary/aromatic N) is 1. The number of hydrogen-bond donors (Lipinski definition) is 3. The van der Waals surface area contributed by atoms with Crippen molar-refractivity contribution in [3.63, 3.8) is 0 Å². The zero-order valence-corrected chi connectivity index (χ0v) is 16.5. The molecule has 0 aliphatic rings. The number of para-hydroxylation sites is 2. The van der Waals surface area contributed by atoms with Crippen LogP contribution in [0, 0.1) is 0 Å². The lowest BCUT2D eigenvalue weighted by atomic mass is 10.2. The second-order valence-electron chi connectivity index (χ2n) is 5.64. The van der Waals surface area contributed by atoms with Gasteiger partial charge in [-0.2, -0.15) is 5.10 Å². The van der Waals surface area contributed by atoms with E-state index >= 15 is 0 Å². The maximum Gasteiger partial charge on any atom is 0.319 e. The van der Waals surface area contributed by atoms with Gasteiger partial charge in [0.1, 0.15) is 12.3 Å². The van der Waals surface area contributed by atoms with E-state index in [4.69, 9.17) is 14.2 Å². The van der Waals surface area contributed by atoms with Gasteiger partial charge < -0.3 is 24.8 Å². The Balaban J connectivity index is 1.81. The molecule has 9 nitrogen and oxygen atoms in total. The number of urea groups is 1. The van der Waals surface area contributed by atoms with Crippen LogP contribution in [0.2, 0.25) is 0 Å². The van der Waals surface area contributed by atoms with Crippen molar-refractivity contribution < 1.29 is 23.8 Å². The second kappa shape index (κ2) is 11.2. The van der Waals surface area contributed by atoms with E-state index in [1.165, 1.54) is 13.3 Å². The lowest BCUT2D eigenvalue weighted by molar-refractivity contribution is -0.120. The van der Waals surface area contributed by atoms with Gasteiger partial charge in [0.25, 0.3) is 5.91 Å². The average molecular weight is 400 g/mol. The Morgan fingerprint density at radius 3 is 2.52 bits per heavy atom. The van der Waals surface area contributed by atoms with Gasteiger partial charge in [0.15, 0.2) is 11.5 Å². The predicted molar refractivity (Wildman–Crippen MR) is 110 cm³/mol. The first-order valence-electron chi connectivity index (χ1n) is 8.88. The third-order valence-corrected chi connectivity index (χ3v) is 3.66. The van der Waals surface area contributed by atoms with Gasteiger partial charge in [-0.3, -0.25) is 4.79 Å². The minimum atomic E-state index is -0.531. The van der Waals surface area contributed by atoms with E-state index < -0.39 is 11.9 Å². The summed E-state index contributed by atoms with van der Waals surface area (Å²) >= 11 is 0. The van der Waals surface area contributed by atoms with E-state index in [1.54, 1.807) is 49.6 Å². The predicted octanol–water partition coefficient (Wildman–Crippen LogP) is 2.37. The summed E-state index contributed by atoms with van der Waals surface area (Å²) in [4.78, 5) is 23.8. The molecular weight excluding hydrogens is 376 g/mol. The van der Waals surface area contributed by atoms with Crippen LogP contribution >= 0.6 is 0 Å². The van der Waals surface area contributed by atoms with Gasteiger partial charge >= 0.3 is 6.03 Å². The molecule has 0 spiro atoms. The van der Waals surface area contributed by atoms with Crippen molar-refractivity contribution in [2.45, 2.75) is 6.92 Å². The van der Waals surface area contributed by atoms with Crippen molar-refractivity contribution in [3.8, 4) is 17.2 Å². The number of hydrazone groups is 1. The van der Waals surface area contributed by atoms with Crippen LogP contribution in [0.25, 0.3) is 0 Å². The number of benzene rings is 2. The monoisotopic (exact) mass is 400 g/mol. The lowest BCUT2D eigenvalue weighted by Crippen LogP contribution is -2.37. The average Bonchev–Trinajstić information content (AvgIpc) is 2.73. The Morgan fingerprint density at radius 2 is 1.79 bits per heavy atom. The van der Waals surface area contributed by atoms with Crippen LogP contribution in [-0.4, -0.2) is 45.5 Å². The van der Waals surface area contributed by atoms with Gasteiger partial charge in [0, 0.05) is 0 Å². The Labute approximate surface area is 169 Å². The molecule has 3 amide bonds. The quantitative estimate of drug-likeness (QED) is 0.442. The molecular formula is C20H24N4O5. The first kappa shape index (κ1) is 21.5. The van der Waals surface area contributed by atoms with Crippen molar-refractivity contribution in [2.75, 3.05) is 32.7 Å². The zero-order valence-electron chi connectivity index (χ0n) is 16.5. The molecule has 0 aromatic heterocycles. The van der Waals surface area contributed by atoms with E-state index in [-0.39, 0.29) is 6.54 Å². The van der Waals surface area contributed by atoms with Crippen molar-refractivity contribution in [3.05, 3.63) is 48.0 Å². The normalized spacial score (nSPS) is 10.3. The minimum Gasteiger partial charge on any atom is -0.493 e. The Morgan fingerprint density at radius 1 is 1.03 bits per heavy atom. The Hall–Kier alpha value is -3.75. The van der Waals surface area contributed by atoms with Gasteiger partial charge in [-0.25, -0.2) is 10.2 Å². The summed E-state index contributed by atoms with van der Waals surface area (Å²) in [6.45, 7) is 2.08. The maximum absolute atomic E-state index is 12.0. The fraction of sp³-hybridized carbons (Fsp3) is 0.250. The number of carbonyl (C=O) groups excluding carboxylic acids is 2. The molecule has 2 aromatic rings. The number of ether oxygens (including phenoxy) is 3. The second-order valence-corrected chi connectivity index (χ2v) is 5.64. The van der Waals surface area contributed by atoms with Crippen molar-refractivity contribution in [2.24, 2.45) is 5.10 Å². The van der Waals surface area contributed by atoms with Gasteiger partial charge in [-0.15, -0.1) is 0 Å². The van der Waals surface area contributed by atoms with Crippen LogP contribution in [0.4, 0.5) is 10.5 Å². The highest BCUT2D eigenvalue weighted by Crippen LogP contribution is 2.26. The van der Waals surface area contributed by atoms with Crippen LogP contribution < -0.4 is 30.3 Å². The first-order chi connectivity index (χ1) is 14.1. The maximum atomic E-state index is 12.0. The summed E-state index contributed by atoms with van der Waals surface area (Å²) in [7, 11) is 3.08. The third kappa shape index (κ3) is 6.73. The summed E-state index contributed by atoms with van der Waals surface area (Å²) in [6, 6.07) is 11.7. The van der Waals surface area contributed by atoms with Gasteiger partial charge in [0.2, 0.25) is 0 Å². The molecule has 3 N–H and O–H groups in total. The Kier molecular flexibility index (Phi) is 8.30. The number of carbonyl (C=O) groups is 2. The van der Waals surface area contributed by atoms with Gasteiger partial charge in [0.05, 0.1) is 32.7 Å². The van der Waals surface area contributed by atoms with Crippen LogP contribution in [0.1, 0.15) is 12.5 Å². The Bertz CT molecular complexity index is 870. The fourth-order valence-corrected chi connectivity index (χ4v) is 2.33. The first-order valence-corrected chi connectivity index (χ1v) is 8.88. The summed E-state index contributed by atoms with van der Waals surface area (Å²) in [5.74, 6) is 1.22. The molecule has 29 heavy (non-hydrogen) atoms. The van der Waals surface area contributed by atoms with E-state index in [1.807, 2.05) is 6.92 Å². The number of anilines is 1. The fourth-order valence-electron chi connectivity index (χ4n) is 2.33. The standard InChI is InChI=1S/C20H24N4O5/c1-4-29-16-8-6-5-7-15(16)23-20(26)21-13-19(25)24-22-12-14-9-10-17(27-2)18(11-14)28-3/h5-12H,4,13H2,1-3H3,(H,24,25)(H2,21,23,26). The lowest BCUT2D eigenvalue weighted by Gasteiger charge is -2.11. The molecule has 0 radical (unpaired) electrons. The molecule has 0 unspecified atom stereocenters. The molecule has 154 valence electrons. The minimum absolute atomic E-state index is 0.244. The molecule has 0 saturated carbocycles. The highest BCUT2D eigenvalue weighted by Gasteiger charge is 2.08. The van der Waals surface area contributed by atoms with Crippen LogP contribution in [0.5, 0.6) is 17.2 Å². The topological polar surface area (TPSA) is 110 Å².